The van der Waals surface area contributed by atoms with E-state index in [0.29, 0.717) is 11.1 Å². The highest BCUT2D eigenvalue weighted by Gasteiger charge is 2.19. The van der Waals surface area contributed by atoms with Gasteiger partial charge >= 0.3 is 0 Å². The largest absolute Gasteiger partial charge is 0.339 e. The van der Waals surface area contributed by atoms with Crippen LogP contribution in [0.1, 0.15) is 73.1 Å². The van der Waals surface area contributed by atoms with Crippen LogP contribution in [0.25, 0.3) is 0 Å². The van der Waals surface area contributed by atoms with Gasteiger partial charge in [-0.3, -0.25) is 9.59 Å². The third-order valence-electron chi connectivity index (χ3n) is 4.55. The highest BCUT2D eigenvalue weighted by atomic mass is 16.2. The van der Waals surface area contributed by atoms with Gasteiger partial charge in [-0.1, -0.05) is 26.7 Å². The van der Waals surface area contributed by atoms with Crippen LogP contribution in [0.3, 0.4) is 0 Å². The zero-order valence-corrected chi connectivity index (χ0v) is 15.1. The smallest absolute Gasteiger partial charge is 0.253 e. The molecule has 2 amide bonds. The third-order valence-corrected chi connectivity index (χ3v) is 4.55. The van der Waals surface area contributed by atoms with Crippen molar-refractivity contribution in [2.45, 2.75) is 52.4 Å². The van der Waals surface area contributed by atoms with Crippen molar-refractivity contribution in [1.82, 2.24) is 9.80 Å². The molecule has 4 nitrogen and oxygen atoms in total. The number of likely N-dealkylation sites (tertiary alicyclic amines) is 1. The zero-order chi connectivity index (χ0) is 17.4. The molecule has 0 atom stereocenters. The summed E-state index contributed by atoms with van der Waals surface area (Å²) in [5.74, 6) is 0.155. The summed E-state index contributed by atoms with van der Waals surface area (Å²) >= 11 is 0. The summed E-state index contributed by atoms with van der Waals surface area (Å²) in [5, 5.41) is 0. The van der Waals surface area contributed by atoms with E-state index in [1.807, 2.05) is 9.80 Å². The maximum atomic E-state index is 12.6. The number of hydrogen-bond acceptors (Lipinski definition) is 2. The van der Waals surface area contributed by atoms with Gasteiger partial charge in [0.2, 0.25) is 0 Å². The van der Waals surface area contributed by atoms with E-state index in [1.54, 1.807) is 24.3 Å². The van der Waals surface area contributed by atoms with Crippen molar-refractivity contribution in [2.75, 3.05) is 26.2 Å². The second-order valence-electron chi connectivity index (χ2n) is 6.58. The molecular formula is C20H30N2O2. The lowest BCUT2D eigenvalue weighted by Gasteiger charge is -2.22. The lowest BCUT2D eigenvalue weighted by atomic mass is 10.1. The number of nitrogens with zero attached hydrogens (tertiary/aromatic N) is 2. The van der Waals surface area contributed by atoms with Gasteiger partial charge in [-0.05, 0) is 49.9 Å². The minimum atomic E-state index is 0.0625. The van der Waals surface area contributed by atoms with Crippen molar-refractivity contribution in [2.24, 2.45) is 0 Å². The fraction of sp³-hybridized carbons (Fsp3) is 0.600. The first kappa shape index (κ1) is 18.5. The highest BCUT2D eigenvalue weighted by molar-refractivity contribution is 5.97. The van der Waals surface area contributed by atoms with Crippen LogP contribution >= 0.6 is 0 Å². The molecule has 0 aromatic heterocycles. The van der Waals surface area contributed by atoms with Crippen LogP contribution in [0.15, 0.2) is 24.3 Å². The Morgan fingerprint density at radius 2 is 1.38 bits per heavy atom. The van der Waals surface area contributed by atoms with E-state index in [4.69, 9.17) is 0 Å². The Hall–Kier alpha value is -1.84. The molecule has 0 spiro atoms. The standard InChI is InChI=1S/C20H30N2O2/c1-3-13-21(14-4-2)19(23)17-9-11-18(12-10-17)20(24)22-15-7-5-6-8-16-22/h9-12H,3-8,13-16H2,1-2H3. The normalized spacial score (nSPS) is 15.0. The Bertz CT molecular complexity index is 492. The topological polar surface area (TPSA) is 40.6 Å². The second kappa shape index (κ2) is 9.45. The number of hydrogen-bond donors (Lipinski definition) is 0. The monoisotopic (exact) mass is 330 g/mol. The molecule has 1 aliphatic rings. The van der Waals surface area contributed by atoms with Crippen LogP contribution in [0.5, 0.6) is 0 Å². The Balaban J connectivity index is 2.05. The molecule has 0 bridgehead atoms. The Kier molecular flexibility index (Phi) is 7.29. The van der Waals surface area contributed by atoms with Crippen LogP contribution in [-0.4, -0.2) is 47.8 Å². The first-order chi connectivity index (χ1) is 11.7. The minimum Gasteiger partial charge on any atom is -0.339 e. The molecule has 0 radical (unpaired) electrons. The maximum Gasteiger partial charge on any atom is 0.253 e. The van der Waals surface area contributed by atoms with Gasteiger partial charge in [0.05, 0.1) is 0 Å². The van der Waals surface area contributed by atoms with Gasteiger partial charge in [0.15, 0.2) is 0 Å². The van der Waals surface area contributed by atoms with E-state index in [9.17, 15) is 9.59 Å². The van der Waals surface area contributed by atoms with E-state index in [1.165, 1.54) is 12.8 Å². The number of amides is 2. The van der Waals surface area contributed by atoms with Gasteiger partial charge in [-0.2, -0.15) is 0 Å². The van der Waals surface area contributed by atoms with Crippen LogP contribution in [0, 0.1) is 0 Å². The lowest BCUT2D eigenvalue weighted by molar-refractivity contribution is 0.0746. The fourth-order valence-corrected chi connectivity index (χ4v) is 3.25. The van der Waals surface area contributed by atoms with Crippen LogP contribution in [0.4, 0.5) is 0 Å². The molecule has 1 aliphatic heterocycles. The third kappa shape index (κ3) is 4.83. The Morgan fingerprint density at radius 1 is 0.875 bits per heavy atom. The van der Waals surface area contributed by atoms with Crippen molar-refractivity contribution in [3.8, 4) is 0 Å². The SMILES string of the molecule is CCCN(CCC)C(=O)c1ccc(C(=O)N2CCCCCC2)cc1. The predicted molar refractivity (Wildman–Crippen MR) is 97.3 cm³/mol. The molecule has 0 N–H and O–H groups in total. The Morgan fingerprint density at radius 3 is 1.88 bits per heavy atom. The number of benzene rings is 1. The summed E-state index contributed by atoms with van der Waals surface area (Å²) in [6, 6.07) is 7.20. The first-order valence-electron chi connectivity index (χ1n) is 9.36. The van der Waals surface area contributed by atoms with E-state index < -0.39 is 0 Å². The molecule has 24 heavy (non-hydrogen) atoms. The molecule has 0 unspecified atom stereocenters. The van der Waals surface area contributed by atoms with Gasteiger partial charge in [0, 0.05) is 37.3 Å². The molecule has 4 heteroatoms. The van der Waals surface area contributed by atoms with Crippen molar-refractivity contribution < 1.29 is 9.59 Å². The summed E-state index contributed by atoms with van der Waals surface area (Å²) in [6.45, 7) is 7.42. The van der Waals surface area contributed by atoms with Crippen molar-refractivity contribution in [3.63, 3.8) is 0 Å². The minimum absolute atomic E-state index is 0.0625. The maximum absolute atomic E-state index is 12.6. The average Bonchev–Trinajstić information content (AvgIpc) is 2.90. The molecule has 2 rings (SSSR count). The van der Waals surface area contributed by atoms with Gasteiger partial charge in [0.25, 0.3) is 11.8 Å². The highest BCUT2D eigenvalue weighted by Crippen LogP contribution is 2.15. The van der Waals surface area contributed by atoms with Crippen molar-refractivity contribution in [3.05, 3.63) is 35.4 Å². The number of carbonyl (C=O) groups excluding carboxylic acids is 2. The molecule has 1 fully saturated rings. The summed E-state index contributed by atoms with van der Waals surface area (Å²) in [5.41, 5.74) is 1.36. The van der Waals surface area contributed by atoms with E-state index in [-0.39, 0.29) is 11.8 Å². The van der Waals surface area contributed by atoms with Gasteiger partial charge in [-0.25, -0.2) is 0 Å². The zero-order valence-electron chi connectivity index (χ0n) is 15.1. The summed E-state index contributed by atoms with van der Waals surface area (Å²) in [6.07, 6.45) is 6.51. The fourth-order valence-electron chi connectivity index (χ4n) is 3.25. The molecular weight excluding hydrogens is 300 g/mol. The quantitative estimate of drug-likeness (QED) is 0.792. The Labute approximate surface area is 145 Å². The summed E-state index contributed by atoms with van der Waals surface area (Å²) in [7, 11) is 0. The van der Waals surface area contributed by atoms with E-state index in [2.05, 4.69) is 13.8 Å². The van der Waals surface area contributed by atoms with Crippen LogP contribution < -0.4 is 0 Å². The van der Waals surface area contributed by atoms with E-state index in [0.717, 1.165) is 51.9 Å². The molecule has 132 valence electrons. The second-order valence-corrected chi connectivity index (χ2v) is 6.58. The van der Waals surface area contributed by atoms with E-state index >= 15 is 0 Å². The molecule has 1 aromatic carbocycles. The van der Waals surface area contributed by atoms with Gasteiger partial charge in [0.1, 0.15) is 0 Å². The van der Waals surface area contributed by atoms with Crippen molar-refractivity contribution >= 4 is 11.8 Å². The number of carbonyl (C=O) groups is 2. The lowest BCUT2D eigenvalue weighted by Crippen LogP contribution is -2.33. The molecule has 1 heterocycles. The molecule has 1 aromatic rings. The van der Waals surface area contributed by atoms with Crippen LogP contribution in [0.2, 0.25) is 0 Å². The van der Waals surface area contributed by atoms with Crippen LogP contribution in [-0.2, 0) is 0 Å². The van der Waals surface area contributed by atoms with Crippen molar-refractivity contribution in [1.29, 1.82) is 0 Å². The predicted octanol–water partition coefficient (Wildman–Crippen LogP) is 3.97. The average molecular weight is 330 g/mol. The molecule has 1 saturated heterocycles. The first-order valence-corrected chi connectivity index (χ1v) is 9.36. The molecule has 0 aliphatic carbocycles. The summed E-state index contributed by atoms with van der Waals surface area (Å²) < 4.78 is 0. The molecule has 0 saturated carbocycles. The summed E-state index contributed by atoms with van der Waals surface area (Å²) in [4.78, 5) is 29.0. The number of rotatable bonds is 6. The van der Waals surface area contributed by atoms with Gasteiger partial charge < -0.3 is 9.80 Å². The van der Waals surface area contributed by atoms with Gasteiger partial charge in [-0.15, -0.1) is 0 Å².